The molecule has 0 aliphatic carbocycles. The largest absolute Gasteiger partial charge is 0.490 e. The van der Waals surface area contributed by atoms with Gasteiger partial charge in [-0.25, -0.2) is 4.79 Å². The van der Waals surface area contributed by atoms with Crippen LogP contribution in [0.3, 0.4) is 0 Å². The van der Waals surface area contributed by atoms with Crippen molar-refractivity contribution in [2.45, 2.75) is 47.6 Å². The second-order valence-corrected chi connectivity index (χ2v) is 8.55. The highest BCUT2D eigenvalue weighted by molar-refractivity contribution is 6.00. The maximum Gasteiger partial charge on any atom is 0.349 e. The van der Waals surface area contributed by atoms with E-state index in [0.717, 1.165) is 29.9 Å². The lowest BCUT2D eigenvalue weighted by molar-refractivity contribution is -0.385. The fraction of sp³-hybridized carbons (Fsp3) is 0.400. The van der Waals surface area contributed by atoms with E-state index in [-0.39, 0.29) is 22.7 Å². The molecule has 0 aliphatic rings. The fourth-order valence-electron chi connectivity index (χ4n) is 3.51. The molecule has 186 valence electrons. The fourth-order valence-corrected chi connectivity index (χ4v) is 3.51. The number of amides is 1. The molecule has 1 heterocycles. The van der Waals surface area contributed by atoms with E-state index < -0.39 is 23.4 Å². The van der Waals surface area contributed by atoms with Gasteiger partial charge < -0.3 is 19.4 Å². The molecule has 10 nitrogen and oxygen atoms in total. The van der Waals surface area contributed by atoms with Crippen LogP contribution in [0.4, 0.5) is 11.4 Å². The monoisotopic (exact) mass is 482 g/mol. The van der Waals surface area contributed by atoms with E-state index in [1.165, 1.54) is 25.3 Å². The number of esters is 1. The molecule has 0 saturated carbocycles. The van der Waals surface area contributed by atoms with E-state index in [1.807, 2.05) is 26.0 Å². The first-order chi connectivity index (χ1) is 16.5. The Morgan fingerprint density at radius 2 is 1.94 bits per heavy atom. The number of carbonyl (C=O) groups excluding carboxylic acids is 2. The lowest BCUT2D eigenvalue weighted by Crippen LogP contribution is -2.22. The number of rotatable bonds is 10. The Morgan fingerprint density at radius 3 is 2.51 bits per heavy atom. The molecule has 0 fully saturated rings. The van der Waals surface area contributed by atoms with Crippen LogP contribution in [0, 0.1) is 48.1 Å². The van der Waals surface area contributed by atoms with Gasteiger partial charge in [-0.15, -0.1) is 0 Å². The van der Waals surface area contributed by atoms with Crippen LogP contribution in [0.15, 0.2) is 23.8 Å². The number of nitro groups is 1. The van der Waals surface area contributed by atoms with Crippen LogP contribution < -0.4 is 10.1 Å². The topological polar surface area (TPSA) is 136 Å². The minimum atomic E-state index is -0.923. The average molecular weight is 483 g/mol. The van der Waals surface area contributed by atoms with Gasteiger partial charge in [0.05, 0.1) is 12.0 Å². The van der Waals surface area contributed by atoms with Crippen molar-refractivity contribution in [3.63, 3.8) is 0 Å². The highest BCUT2D eigenvalue weighted by Gasteiger charge is 2.20. The number of ether oxygens (including phenoxy) is 2. The standard InChI is InChI=1S/C25H30N4O6/c1-15(2)7-8-28-17(4)10-19(18(28)5)11-20(13-26)25(31)35-14-24(30)27-21-12-23(34-6)22(29(32)33)9-16(21)3/h9-12,15H,7-8,14H2,1-6H3,(H,27,30). The number of nitriles is 1. The Morgan fingerprint density at radius 1 is 1.26 bits per heavy atom. The summed E-state index contributed by atoms with van der Waals surface area (Å²) in [4.78, 5) is 35.3. The van der Waals surface area contributed by atoms with Crippen LogP contribution >= 0.6 is 0 Å². The molecule has 0 atom stereocenters. The summed E-state index contributed by atoms with van der Waals surface area (Å²) < 4.78 is 12.2. The van der Waals surface area contributed by atoms with Gasteiger partial charge in [0.25, 0.3) is 5.91 Å². The zero-order valence-corrected chi connectivity index (χ0v) is 20.8. The van der Waals surface area contributed by atoms with E-state index in [9.17, 15) is 25.0 Å². The second kappa shape index (κ2) is 11.8. The zero-order valence-electron chi connectivity index (χ0n) is 20.8. The van der Waals surface area contributed by atoms with E-state index >= 15 is 0 Å². The predicted octanol–water partition coefficient (Wildman–Crippen LogP) is 4.47. The summed E-state index contributed by atoms with van der Waals surface area (Å²) in [5, 5.41) is 23.1. The van der Waals surface area contributed by atoms with Gasteiger partial charge in [-0.2, -0.15) is 5.26 Å². The van der Waals surface area contributed by atoms with Crippen molar-refractivity contribution < 1.29 is 24.0 Å². The van der Waals surface area contributed by atoms with Crippen molar-refractivity contribution in [2.75, 3.05) is 19.0 Å². The molecule has 0 spiro atoms. The van der Waals surface area contributed by atoms with Crippen molar-refractivity contribution in [2.24, 2.45) is 5.92 Å². The molecule has 1 N–H and O–H groups in total. The van der Waals surface area contributed by atoms with Gasteiger partial charge in [-0.3, -0.25) is 14.9 Å². The number of carbonyl (C=O) groups is 2. The van der Waals surface area contributed by atoms with Crippen molar-refractivity contribution in [1.82, 2.24) is 4.57 Å². The molecule has 1 aromatic carbocycles. The first-order valence-electron chi connectivity index (χ1n) is 11.1. The van der Waals surface area contributed by atoms with Crippen LogP contribution in [0.25, 0.3) is 6.08 Å². The number of aryl methyl sites for hydroxylation is 2. The number of hydrogen-bond acceptors (Lipinski definition) is 7. The minimum Gasteiger partial charge on any atom is -0.490 e. The van der Waals surface area contributed by atoms with Crippen molar-refractivity contribution >= 4 is 29.3 Å². The normalized spacial score (nSPS) is 11.2. The number of aromatic nitrogens is 1. The highest BCUT2D eigenvalue weighted by atomic mass is 16.6. The Bertz CT molecular complexity index is 1200. The van der Waals surface area contributed by atoms with Crippen LogP contribution in [-0.4, -0.2) is 35.1 Å². The number of anilines is 1. The third-order valence-corrected chi connectivity index (χ3v) is 5.51. The molecule has 0 aliphatic heterocycles. The van der Waals surface area contributed by atoms with Crippen LogP contribution in [0.5, 0.6) is 5.75 Å². The number of methoxy groups -OCH3 is 1. The number of nitro benzene ring substituents is 1. The zero-order chi connectivity index (χ0) is 26.3. The van der Waals surface area contributed by atoms with Crippen LogP contribution in [0.2, 0.25) is 0 Å². The molecule has 0 radical (unpaired) electrons. The summed E-state index contributed by atoms with van der Waals surface area (Å²) >= 11 is 0. The maximum absolute atomic E-state index is 12.4. The third-order valence-electron chi connectivity index (χ3n) is 5.51. The van der Waals surface area contributed by atoms with Crippen LogP contribution in [0.1, 0.15) is 42.8 Å². The van der Waals surface area contributed by atoms with Gasteiger partial charge in [-0.05, 0) is 56.4 Å². The number of nitrogens with one attached hydrogen (secondary N) is 1. The molecule has 2 aromatic rings. The van der Waals surface area contributed by atoms with E-state index in [4.69, 9.17) is 9.47 Å². The lowest BCUT2D eigenvalue weighted by atomic mass is 10.1. The van der Waals surface area contributed by atoms with Gasteiger partial charge in [0, 0.05) is 35.8 Å². The molecule has 35 heavy (non-hydrogen) atoms. The first-order valence-corrected chi connectivity index (χ1v) is 11.1. The van der Waals surface area contributed by atoms with Gasteiger partial charge in [0.2, 0.25) is 0 Å². The Labute approximate surface area is 204 Å². The van der Waals surface area contributed by atoms with E-state index in [2.05, 4.69) is 23.7 Å². The summed E-state index contributed by atoms with van der Waals surface area (Å²) in [6.07, 6.45) is 2.46. The smallest absolute Gasteiger partial charge is 0.349 e. The SMILES string of the molecule is COc1cc(NC(=O)COC(=O)C(C#N)=Cc2cc(C)n(CCC(C)C)c2C)c(C)cc1[N+](=O)[O-]. The summed E-state index contributed by atoms with van der Waals surface area (Å²) in [6.45, 7) is 9.97. The molecule has 1 aromatic heterocycles. The molecule has 10 heteroatoms. The van der Waals surface area contributed by atoms with Gasteiger partial charge >= 0.3 is 11.7 Å². The molecule has 0 unspecified atom stereocenters. The maximum atomic E-state index is 12.4. The predicted molar refractivity (Wildman–Crippen MR) is 131 cm³/mol. The van der Waals surface area contributed by atoms with E-state index in [1.54, 1.807) is 6.92 Å². The summed E-state index contributed by atoms with van der Waals surface area (Å²) in [7, 11) is 1.28. The number of benzene rings is 1. The Hall–Kier alpha value is -4.13. The molecular formula is C25H30N4O6. The Kier molecular flexibility index (Phi) is 9.17. The Balaban J connectivity index is 2.09. The van der Waals surface area contributed by atoms with Gasteiger partial charge in [-0.1, -0.05) is 13.8 Å². The highest BCUT2D eigenvalue weighted by Crippen LogP contribution is 2.32. The second-order valence-electron chi connectivity index (χ2n) is 8.55. The molecule has 2 rings (SSSR count). The first kappa shape index (κ1) is 27.1. The third kappa shape index (κ3) is 6.93. The molecule has 1 amide bonds. The van der Waals surface area contributed by atoms with Crippen molar-refractivity contribution in [3.8, 4) is 11.8 Å². The molecular weight excluding hydrogens is 452 g/mol. The molecule has 0 saturated heterocycles. The minimum absolute atomic E-state index is 0.0198. The van der Waals surface area contributed by atoms with Crippen molar-refractivity contribution in [3.05, 3.63) is 56.4 Å². The average Bonchev–Trinajstić information content (AvgIpc) is 3.07. The van der Waals surface area contributed by atoms with Crippen molar-refractivity contribution in [1.29, 1.82) is 5.26 Å². The molecule has 0 bridgehead atoms. The quantitative estimate of drug-likeness (QED) is 0.173. The van der Waals surface area contributed by atoms with Gasteiger partial charge in [0.1, 0.15) is 11.6 Å². The summed E-state index contributed by atoms with van der Waals surface area (Å²) in [6, 6.07) is 6.33. The lowest BCUT2D eigenvalue weighted by Gasteiger charge is -2.11. The van der Waals surface area contributed by atoms with Crippen LogP contribution in [-0.2, 0) is 20.9 Å². The summed E-state index contributed by atoms with van der Waals surface area (Å²) in [5.41, 5.74) is 2.94. The van der Waals surface area contributed by atoms with Gasteiger partial charge in [0.15, 0.2) is 12.4 Å². The van der Waals surface area contributed by atoms with E-state index in [0.29, 0.717) is 11.5 Å². The number of nitrogens with zero attached hydrogens (tertiary/aromatic N) is 3. The summed E-state index contributed by atoms with van der Waals surface area (Å²) in [5.74, 6) is -1.07. The number of hydrogen-bond donors (Lipinski definition) is 1.